The minimum Gasteiger partial charge on any atom is -0.378 e. The molecule has 0 aromatic carbocycles. The second kappa shape index (κ2) is 4.72. The molecule has 92 valence electrons. The molecule has 0 radical (unpaired) electrons. The third kappa shape index (κ3) is 2.55. The molecule has 2 rings (SSSR count). The second-order valence-corrected chi connectivity index (χ2v) is 5.16. The zero-order valence-corrected chi connectivity index (χ0v) is 10.00. The molecule has 2 unspecified atom stereocenters. The Kier molecular flexibility index (Phi) is 3.50. The van der Waals surface area contributed by atoms with Gasteiger partial charge >= 0.3 is 0 Å². The first-order chi connectivity index (χ1) is 7.66. The van der Waals surface area contributed by atoms with E-state index in [9.17, 15) is 4.79 Å². The summed E-state index contributed by atoms with van der Waals surface area (Å²) < 4.78 is 5.81. The number of nitrogens with one attached hydrogen (secondary N) is 1. The van der Waals surface area contributed by atoms with Gasteiger partial charge < -0.3 is 15.8 Å². The van der Waals surface area contributed by atoms with Gasteiger partial charge in [-0.25, -0.2) is 0 Å². The molecule has 1 amide bonds. The standard InChI is InChI=1S/C12H22N2O2/c1-14-12(11(13)15)6-4-10(8-12)16-7-5-9-2-3-9/h9-10,14H,2-8H2,1H3,(H2,13,15). The molecule has 0 spiro atoms. The number of carbonyl (C=O) groups is 1. The summed E-state index contributed by atoms with van der Waals surface area (Å²) in [6.45, 7) is 0.841. The summed E-state index contributed by atoms with van der Waals surface area (Å²) in [5, 5.41) is 3.06. The molecular weight excluding hydrogens is 204 g/mol. The Morgan fingerprint density at radius 3 is 2.75 bits per heavy atom. The van der Waals surface area contributed by atoms with Crippen LogP contribution in [0.1, 0.15) is 38.5 Å². The third-order valence-electron chi connectivity index (χ3n) is 4.00. The van der Waals surface area contributed by atoms with Gasteiger partial charge in [-0.05, 0) is 32.2 Å². The number of carbonyl (C=O) groups excluding carboxylic acids is 1. The molecule has 4 heteroatoms. The normalized spacial score (nSPS) is 34.2. The summed E-state index contributed by atoms with van der Waals surface area (Å²) in [6, 6.07) is 0. The Balaban J connectivity index is 1.74. The monoisotopic (exact) mass is 226 g/mol. The fourth-order valence-electron chi connectivity index (χ4n) is 2.52. The van der Waals surface area contributed by atoms with Crippen molar-refractivity contribution in [1.29, 1.82) is 0 Å². The Morgan fingerprint density at radius 1 is 1.50 bits per heavy atom. The van der Waals surface area contributed by atoms with Gasteiger partial charge in [0.1, 0.15) is 0 Å². The van der Waals surface area contributed by atoms with E-state index in [-0.39, 0.29) is 12.0 Å². The first kappa shape index (κ1) is 11.9. The van der Waals surface area contributed by atoms with Gasteiger partial charge in [-0.1, -0.05) is 12.8 Å². The van der Waals surface area contributed by atoms with Crippen molar-refractivity contribution in [2.75, 3.05) is 13.7 Å². The Morgan fingerprint density at radius 2 is 2.25 bits per heavy atom. The molecule has 0 aromatic heterocycles. The van der Waals surface area contributed by atoms with Gasteiger partial charge in [0.05, 0.1) is 11.6 Å². The smallest absolute Gasteiger partial charge is 0.237 e. The molecule has 2 saturated carbocycles. The molecule has 3 N–H and O–H groups in total. The highest BCUT2D eigenvalue weighted by atomic mass is 16.5. The first-order valence-corrected chi connectivity index (χ1v) is 6.27. The minimum atomic E-state index is -0.524. The quantitative estimate of drug-likeness (QED) is 0.704. The van der Waals surface area contributed by atoms with E-state index in [0.29, 0.717) is 0 Å². The molecule has 2 atom stereocenters. The number of rotatable bonds is 6. The lowest BCUT2D eigenvalue weighted by Gasteiger charge is -2.24. The van der Waals surface area contributed by atoms with E-state index in [2.05, 4.69) is 5.32 Å². The second-order valence-electron chi connectivity index (χ2n) is 5.16. The number of ether oxygens (including phenoxy) is 1. The molecule has 2 aliphatic rings. The number of hydrogen-bond donors (Lipinski definition) is 2. The largest absolute Gasteiger partial charge is 0.378 e. The van der Waals surface area contributed by atoms with Gasteiger partial charge in [0.2, 0.25) is 5.91 Å². The maximum absolute atomic E-state index is 11.4. The SMILES string of the molecule is CNC1(C(N)=O)CCC(OCCC2CC2)C1. The van der Waals surface area contributed by atoms with Crippen LogP contribution < -0.4 is 11.1 Å². The number of amides is 1. The zero-order chi connectivity index (χ0) is 11.6. The van der Waals surface area contributed by atoms with Crippen LogP contribution in [0.3, 0.4) is 0 Å². The van der Waals surface area contributed by atoms with E-state index in [1.807, 2.05) is 0 Å². The first-order valence-electron chi connectivity index (χ1n) is 6.27. The minimum absolute atomic E-state index is 0.207. The van der Waals surface area contributed by atoms with Crippen LogP contribution in [0.4, 0.5) is 0 Å². The number of nitrogens with two attached hydrogens (primary N) is 1. The van der Waals surface area contributed by atoms with Crippen molar-refractivity contribution < 1.29 is 9.53 Å². The van der Waals surface area contributed by atoms with E-state index in [1.165, 1.54) is 19.3 Å². The Hall–Kier alpha value is -0.610. The average molecular weight is 226 g/mol. The zero-order valence-electron chi connectivity index (χ0n) is 10.00. The van der Waals surface area contributed by atoms with Crippen molar-refractivity contribution >= 4 is 5.91 Å². The van der Waals surface area contributed by atoms with E-state index < -0.39 is 5.54 Å². The molecular formula is C12H22N2O2. The van der Waals surface area contributed by atoms with Crippen molar-refractivity contribution in [1.82, 2.24) is 5.32 Å². The molecule has 4 nitrogen and oxygen atoms in total. The number of hydrogen-bond acceptors (Lipinski definition) is 3. The summed E-state index contributed by atoms with van der Waals surface area (Å²) >= 11 is 0. The fourth-order valence-corrected chi connectivity index (χ4v) is 2.52. The predicted molar refractivity (Wildman–Crippen MR) is 61.9 cm³/mol. The van der Waals surface area contributed by atoms with Crippen LogP contribution in [-0.2, 0) is 9.53 Å². The molecule has 0 aliphatic heterocycles. The fraction of sp³-hybridized carbons (Fsp3) is 0.917. The van der Waals surface area contributed by atoms with Crippen LogP contribution in [0, 0.1) is 5.92 Å². The highest BCUT2D eigenvalue weighted by Gasteiger charge is 2.43. The van der Waals surface area contributed by atoms with E-state index in [1.54, 1.807) is 7.05 Å². The maximum atomic E-state index is 11.4. The van der Waals surface area contributed by atoms with Gasteiger partial charge in [-0.2, -0.15) is 0 Å². The summed E-state index contributed by atoms with van der Waals surface area (Å²) in [4.78, 5) is 11.4. The number of likely N-dealkylation sites (N-methyl/N-ethyl adjacent to an activating group) is 1. The maximum Gasteiger partial charge on any atom is 0.237 e. The molecule has 0 saturated heterocycles. The molecule has 0 bridgehead atoms. The summed E-state index contributed by atoms with van der Waals surface area (Å²) in [5.41, 5.74) is 4.91. The number of primary amides is 1. The Labute approximate surface area is 96.9 Å². The topological polar surface area (TPSA) is 64.3 Å². The highest BCUT2D eigenvalue weighted by molar-refractivity contribution is 5.85. The van der Waals surface area contributed by atoms with Crippen LogP contribution in [-0.4, -0.2) is 31.2 Å². The summed E-state index contributed by atoms with van der Waals surface area (Å²) in [5.74, 6) is 0.662. The molecule has 2 aliphatic carbocycles. The lowest BCUT2D eigenvalue weighted by atomic mass is 9.97. The lowest BCUT2D eigenvalue weighted by Crippen LogP contribution is -2.52. The average Bonchev–Trinajstić information content (AvgIpc) is 2.97. The van der Waals surface area contributed by atoms with Crippen molar-refractivity contribution in [2.45, 2.75) is 50.2 Å². The molecule has 0 aromatic rings. The van der Waals surface area contributed by atoms with Crippen LogP contribution in [0.2, 0.25) is 0 Å². The van der Waals surface area contributed by atoms with Crippen LogP contribution in [0.5, 0.6) is 0 Å². The van der Waals surface area contributed by atoms with Crippen molar-refractivity contribution in [2.24, 2.45) is 11.7 Å². The van der Waals surface area contributed by atoms with Gasteiger partial charge in [0.15, 0.2) is 0 Å². The predicted octanol–water partition coefficient (Wildman–Crippen LogP) is 0.799. The molecule has 0 heterocycles. The van der Waals surface area contributed by atoms with Crippen LogP contribution in [0.25, 0.3) is 0 Å². The van der Waals surface area contributed by atoms with Crippen molar-refractivity contribution in [3.63, 3.8) is 0 Å². The van der Waals surface area contributed by atoms with Crippen LogP contribution in [0.15, 0.2) is 0 Å². The third-order valence-corrected chi connectivity index (χ3v) is 4.00. The van der Waals surface area contributed by atoms with Crippen molar-refractivity contribution in [3.8, 4) is 0 Å². The summed E-state index contributed by atoms with van der Waals surface area (Å²) in [6.07, 6.45) is 6.59. The van der Waals surface area contributed by atoms with Gasteiger partial charge in [0, 0.05) is 13.0 Å². The molecule has 2 fully saturated rings. The van der Waals surface area contributed by atoms with Crippen molar-refractivity contribution in [3.05, 3.63) is 0 Å². The van der Waals surface area contributed by atoms with E-state index in [4.69, 9.17) is 10.5 Å². The summed E-state index contributed by atoms with van der Waals surface area (Å²) in [7, 11) is 1.80. The lowest BCUT2D eigenvalue weighted by molar-refractivity contribution is -0.124. The molecule has 16 heavy (non-hydrogen) atoms. The highest BCUT2D eigenvalue weighted by Crippen LogP contribution is 2.34. The van der Waals surface area contributed by atoms with E-state index >= 15 is 0 Å². The van der Waals surface area contributed by atoms with Gasteiger partial charge in [-0.15, -0.1) is 0 Å². The van der Waals surface area contributed by atoms with Gasteiger partial charge in [0.25, 0.3) is 0 Å². The Bertz CT molecular complexity index is 266. The van der Waals surface area contributed by atoms with Gasteiger partial charge in [-0.3, -0.25) is 4.79 Å². The van der Waals surface area contributed by atoms with Crippen LogP contribution >= 0.6 is 0 Å². The van der Waals surface area contributed by atoms with E-state index in [0.717, 1.165) is 31.8 Å².